The fourth-order valence-corrected chi connectivity index (χ4v) is 4.90. The molecule has 0 aliphatic carbocycles. The van der Waals surface area contributed by atoms with Crippen molar-refractivity contribution in [1.29, 1.82) is 0 Å². The van der Waals surface area contributed by atoms with E-state index in [4.69, 9.17) is 9.05 Å². The molecule has 260 valence electrons. The van der Waals surface area contributed by atoms with Crippen molar-refractivity contribution >= 4 is 13.7 Å². The number of hydrogen-bond acceptors (Lipinski definition) is 6. The Hall–Kier alpha value is -1.80. The third-order valence-corrected chi connectivity index (χ3v) is 7.92. The molecule has 9 heteroatoms. The topological polar surface area (TPSA) is 108 Å². The molecule has 0 saturated heterocycles. The molecule has 0 aromatic heterocycles. The van der Waals surface area contributed by atoms with E-state index in [2.05, 4.69) is 55.6 Å². The highest BCUT2D eigenvalue weighted by Gasteiger charge is 2.23. The average Bonchev–Trinajstić information content (AvgIpc) is 2.97. The summed E-state index contributed by atoms with van der Waals surface area (Å²) in [4.78, 5) is 25.0. The maximum atomic E-state index is 12.7. The van der Waals surface area contributed by atoms with Crippen LogP contribution in [0, 0.1) is 0 Å². The second kappa shape index (κ2) is 28.4. The largest absolute Gasteiger partial charge is 0.756 e. The van der Waals surface area contributed by atoms with Crippen molar-refractivity contribution in [2.45, 2.75) is 122 Å². The van der Waals surface area contributed by atoms with Gasteiger partial charge in [-0.05, 0) is 57.8 Å². The first-order valence-corrected chi connectivity index (χ1v) is 18.6. The van der Waals surface area contributed by atoms with Gasteiger partial charge in [-0.2, -0.15) is 0 Å². The molecule has 0 spiro atoms. The van der Waals surface area contributed by atoms with Crippen LogP contribution in [0.1, 0.15) is 110 Å². The van der Waals surface area contributed by atoms with Gasteiger partial charge in [0.2, 0.25) is 5.91 Å². The quantitative estimate of drug-likeness (QED) is 0.0371. The van der Waals surface area contributed by atoms with Gasteiger partial charge in [0.15, 0.2) is 0 Å². The number of aliphatic hydroxyl groups excluding tert-OH is 1. The second-order valence-electron chi connectivity index (χ2n) is 12.5. The number of quaternary nitrogens is 1. The van der Waals surface area contributed by atoms with Crippen molar-refractivity contribution in [3.8, 4) is 0 Å². The smallest absolute Gasteiger partial charge is 0.268 e. The fraction of sp³-hybridized carbons (Fsp3) is 0.694. The minimum Gasteiger partial charge on any atom is -0.756 e. The summed E-state index contributed by atoms with van der Waals surface area (Å²) in [6.07, 6.45) is 34.4. The Bertz CT molecular complexity index is 923. The zero-order valence-corrected chi connectivity index (χ0v) is 29.9. The van der Waals surface area contributed by atoms with E-state index in [1.807, 2.05) is 39.4 Å². The van der Waals surface area contributed by atoms with Crippen LogP contribution in [0.15, 0.2) is 60.8 Å². The van der Waals surface area contributed by atoms with E-state index in [1.54, 1.807) is 6.08 Å². The van der Waals surface area contributed by atoms with Gasteiger partial charge < -0.3 is 28.8 Å². The molecule has 0 saturated carbocycles. The highest BCUT2D eigenvalue weighted by molar-refractivity contribution is 7.45. The summed E-state index contributed by atoms with van der Waals surface area (Å²) in [7, 11) is 1.19. The van der Waals surface area contributed by atoms with Gasteiger partial charge in [0.25, 0.3) is 7.82 Å². The summed E-state index contributed by atoms with van der Waals surface area (Å²) >= 11 is 0. The number of nitrogens with one attached hydrogen (secondary N) is 1. The number of nitrogens with zero attached hydrogens (tertiary/aromatic N) is 1. The molecule has 8 nitrogen and oxygen atoms in total. The monoisotopic (exact) mass is 652 g/mol. The van der Waals surface area contributed by atoms with Crippen LogP contribution in [-0.4, -0.2) is 68.5 Å². The summed E-state index contributed by atoms with van der Waals surface area (Å²) in [5.74, 6) is -0.286. The predicted molar refractivity (Wildman–Crippen MR) is 187 cm³/mol. The molecule has 0 aromatic carbocycles. The minimum atomic E-state index is -4.60. The Morgan fingerprint density at radius 3 is 2.02 bits per heavy atom. The van der Waals surface area contributed by atoms with Gasteiger partial charge >= 0.3 is 0 Å². The summed E-state index contributed by atoms with van der Waals surface area (Å²) in [6, 6.07) is -0.937. The molecular weight excluding hydrogens is 587 g/mol. The molecule has 0 bridgehead atoms. The van der Waals surface area contributed by atoms with Crippen LogP contribution in [-0.2, 0) is 18.4 Å². The predicted octanol–water partition coefficient (Wildman–Crippen LogP) is 7.71. The number of carbonyl (C=O) groups is 1. The molecule has 1 amide bonds. The molecule has 0 fully saturated rings. The minimum absolute atomic E-state index is 0.0211. The number of aliphatic hydroxyl groups is 1. The number of amides is 1. The zero-order valence-electron chi connectivity index (χ0n) is 29.0. The van der Waals surface area contributed by atoms with E-state index in [-0.39, 0.29) is 18.9 Å². The highest BCUT2D eigenvalue weighted by atomic mass is 31.2. The van der Waals surface area contributed by atoms with Crippen LogP contribution in [0.25, 0.3) is 0 Å². The average molecular weight is 653 g/mol. The Kier molecular flexibility index (Phi) is 27.3. The van der Waals surface area contributed by atoms with Crippen molar-refractivity contribution in [3.05, 3.63) is 60.8 Å². The van der Waals surface area contributed by atoms with Crippen LogP contribution in [0.3, 0.4) is 0 Å². The molecular formula is C36H65N2O6P. The number of phosphoric acid groups is 1. The molecule has 2 N–H and O–H groups in total. The molecule has 0 aromatic rings. The summed E-state index contributed by atoms with van der Waals surface area (Å²) < 4.78 is 22.9. The highest BCUT2D eigenvalue weighted by Crippen LogP contribution is 2.38. The van der Waals surface area contributed by atoms with Gasteiger partial charge in [-0.25, -0.2) is 0 Å². The molecule has 0 aliphatic heterocycles. The lowest BCUT2D eigenvalue weighted by Crippen LogP contribution is -2.45. The Morgan fingerprint density at radius 1 is 0.800 bits per heavy atom. The first-order valence-electron chi connectivity index (χ1n) is 17.2. The van der Waals surface area contributed by atoms with Crippen LogP contribution in [0.4, 0.5) is 0 Å². The van der Waals surface area contributed by atoms with Gasteiger partial charge in [-0.3, -0.25) is 9.36 Å². The van der Waals surface area contributed by atoms with Gasteiger partial charge in [-0.1, -0.05) is 107 Å². The van der Waals surface area contributed by atoms with Gasteiger partial charge in [0.05, 0.1) is 39.9 Å². The number of phosphoric ester groups is 1. The second-order valence-corrected chi connectivity index (χ2v) is 13.9. The lowest BCUT2D eigenvalue weighted by Gasteiger charge is -2.29. The summed E-state index contributed by atoms with van der Waals surface area (Å²) in [6.45, 7) is 4.38. The van der Waals surface area contributed by atoms with Crippen molar-refractivity contribution in [2.75, 3.05) is 40.9 Å². The van der Waals surface area contributed by atoms with Crippen LogP contribution >= 0.6 is 7.82 Å². The third-order valence-electron chi connectivity index (χ3n) is 6.95. The Balaban J connectivity index is 4.77. The number of carbonyl (C=O) groups excluding carboxylic acids is 1. The van der Waals surface area contributed by atoms with Gasteiger partial charge in [0, 0.05) is 6.42 Å². The third kappa shape index (κ3) is 30.6. The molecule has 3 atom stereocenters. The molecule has 45 heavy (non-hydrogen) atoms. The standard InChI is InChI=1S/C36H65N2O6P/c1-6-8-10-12-14-16-18-19-20-22-24-26-28-30-36(40)37-34(33-44-45(41,42)43-32-31-38(3,4)5)35(39)29-27-25-23-21-17-15-13-11-9-7-2/h9,11,17,19-21,24,26-27,29,34-35,39H,6-8,10,12-16,18,22-23,25,28,30-33H2,1-5H3,(H-,37,40,41,42)/b11-9+,20-19-,21-17+,26-24-,29-27+. The SMILES string of the molecule is CC/C=C/CC/C=C/CC/C=C/C(O)C(COP(=O)([O-])OCC[N+](C)(C)C)NC(=O)CC/C=C\C/C=C\CCCCCCCC. The van der Waals surface area contributed by atoms with Crippen LogP contribution < -0.4 is 10.2 Å². The van der Waals surface area contributed by atoms with Gasteiger partial charge in [0.1, 0.15) is 13.2 Å². The number of allylic oxidation sites excluding steroid dienone is 9. The van der Waals surface area contributed by atoms with Crippen LogP contribution in [0.5, 0.6) is 0 Å². The van der Waals surface area contributed by atoms with E-state index >= 15 is 0 Å². The van der Waals surface area contributed by atoms with Gasteiger partial charge in [-0.15, -0.1) is 0 Å². The lowest BCUT2D eigenvalue weighted by molar-refractivity contribution is -0.870. The number of unbranched alkanes of at least 4 members (excludes halogenated alkanes) is 8. The van der Waals surface area contributed by atoms with E-state index in [1.165, 1.54) is 38.5 Å². The van der Waals surface area contributed by atoms with E-state index in [0.717, 1.165) is 38.5 Å². The molecule has 0 rings (SSSR count). The van der Waals surface area contributed by atoms with E-state index in [0.29, 0.717) is 23.9 Å². The maximum absolute atomic E-state index is 12.7. The maximum Gasteiger partial charge on any atom is 0.268 e. The number of hydrogen-bond donors (Lipinski definition) is 2. The molecule has 0 radical (unpaired) electrons. The van der Waals surface area contributed by atoms with E-state index in [9.17, 15) is 19.4 Å². The Labute approximate surface area is 275 Å². The van der Waals surface area contributed by atoms with Crippen molar-refractivity contribution in [3.63, 3.8) is 0 Å². The van der Waals surface area contributed by atoms with Crippen molar-refractivity contribution in [2.24, 2.45) is 0 Å². The summed E-state index contributed by atoms with van der Waals surface area (Å²) in [5.41, 5.74) is 0. The van der Waals surface area contributed by atoms with E-state index < -0.39 is 26.6 Å². The molecule has 3 unspecified atom stereocenters. The summed E-state index contributed by atoms with van der Waals surface area (Å²) in [5, 5.41) is 13.5. The molecule has 0 aliphatic rings. The Morgan fingerprint density at radius 2 is 1.38 bits per heavy atom. The van der Waals surface area contributed by atoms with Crippen LogP contribution in [0.2, 0.25) is 0 Å². The first kappa shape index (κ1) is 43.2. The number of likely N-dealkylation sites (N-methyl/N-ethyl adjacent to an activating group) is 1. The fourth-order valence-electron chi connectivity index (χ4n) is 4.18. The lowest BCUT2D eigenvalue weighted by atomic mass is 10.1. The normalized spacial score (nSPS) is 15.6. The van der Waals surface area contributed by atoms with Crippen molar-refractivity contribution in [1.82, 2.24) is 5.32 Å². The zero-order chi connectivity index (χ0) is 33.7. The number of rotatable bonds is 29. The molecule has 0 heterocycles. The van der Waals surface area contributed by atoms with Crippen molar-refractivity contribution < 1.29 is 32.9 Å². The first-order chi connectivity index (χ1) is 21.5.